The van der Waals surface area contributed by atoms with Gasteiger partial charge >= 0.3 is 0 Å². The average Bonchev–Trinajstić information content (AvgIpc) is 2.17. The molecule has 2 aromatic rings. The molecule has 0 fully saturated rings. The summed E-state index contributed by atoms with van der Waals surface area (Å²) in [5.41, 5.74) is 0. The molecule has 3 heteroatoms. The van der Waals surface area contributed by atoms with Crippen LogP contribution < -0.4 is 4.74 Å². The molecule has 0 unspecified atom stereocenters. The molecule has 0 saturated heterocycles. The van der Waals surface area contributed by atoms with E-state index in [0.29, 0.717) is 6.61 Å². The molecule has 0 heterocycles. The standard InChI is InChI=1S/C12H10ClO.Co/c1-2-14-12-6-4-9-3-5-11(13)7-10(9)8-12;/h3-8H,1-2H2;/q-1;. The van der Waals surface area contributed by atoms with Crippen molar-refractivity contribution in [2.24, 2.45) is 0 Å². The summed E-state index contributed by atoms with van der Waals surface area (Å²) in [6, 6.07) is 11.7. The maximum atomic E-state index is 5.89. The van der Waals surface area contributed by atoms with E-state index < -0.39 is 0 Å². The van der Waals surface area contributed by atoms with Crippen LogP contribution in [0.5, 0.6) is 5.75 Å². The van der Waals surface area contributed by atoms with Crippen molar-refractivity contribution in [1.82, 2.24) is 0 Å². The summed E-state index contributed by atoms with van der Waals surface area (Å²) < 4.78 is 5.30. The van der Waals surface area contributed by atoms with Gasteiger partial charge in [0.05, 0.1) is 0 Å². The number of fused-ring (bicyclic) bond motifs is 1. The first-order valence-corrected chi connectivity index (χ1v) is 4.79. The molecular weight excluding hydrogens is 255 g/mol. The van der Waals surface area contributed by atoms with Gasteiger partial charge in [0.2, 0.25) is 0 Å². The molecule has 0 amide bonds. The minimum absolute atomic E-state index is 0. The van der Waals surface area contributed by atoms with Crippen LogP contribution in [0, 0.1) is 6.92 Å². The fourth-order valence-electron chi connectivity index (χ4n) is 1.40. The Hall–Kier alpha value is -0.704. The van der Waals surface area contributed by atoms with E-state index in [0.717, 1.165) is 21.5 Å². The van der Waals surface area contributed by atoms with Crippen LogP contribution in [-0.4, -0.2) is 6.61 Å². The zero-order valence-electron chi connectivity index (χ0n) is 8.00. The van der Waals surface area contributed by atoms with Crippen LogP contribution in [0.3, 0.4) is 0 Å². The third-order valence-electron chi connectivity index (χ3n) is 2.04. The maximum Gasteiger partial charge on any atom is 0.115 e. The van der Waals surface area contributed by atoms with E-state index >= 15 is 0 Å². The molecule has 15 heavy (non-hydrogen) atoms. The van der Waals surface area contributed by atoms with Gasteiger partial charge in [0.15, 0.2) is 0 Å². The Labute approximate surface area is 105 Å². The smallest absolute Gasteiger partial charge is 0.115 e. The predicted molar refractivity (Wildman–Crippen MR) is 59.8 cm³/mol. The molecule has 0 aliphatic heterocycles. The van der Waals surface area contributed by atoms with Gasteiger partial charge in [-0.05, 0) is 41.6 Å². The first-order chi connectivity index (χ1) is 6.79. The average molecular weight is 265 g/mol. The monoisotopic (exact) mass is 264 g/mol. The molecule has 1 radical (unpaired) electrons. The molecule has 1 nitrogen and oxygen atoms in total. The van der Waals surface area contributed by atoms with Crippen molar-refractivity contribution in [3.63, 3.8) is 0 Å². The Bertz CT molecular complexity index is 456. The van der Waals surface area contributed by atoms with Crippen LogP contribution in [0.2, 0.25) is 5.02 Å². The van der Waals surface area contributed by atoms with Gasteiger partial charge in [-0.3, -0.25) is 0 Å². The number of hydrogen-bond acceptors (Lipinski definition) is 1. The summed E-state index contributed by atoms with van der Waals surface area (Å²) in [5.74, 6) is 0.828. The normalized spacial score (nSPS) is 9.73. The van der Waals surface area contributed by atoms with Crippen LogP contribution in [0.15, 0.2) is 36.4 Å². The van der Waals surface area contributed by atoms with E-state index in [9.17, 15) is 0 Å². The van der Waals surface area contributed by atoms with Gasteiger partial charge in [0.25, 0.3) is 0 Å². The SMILES string of the molecule is [CH2-]COc1ccc2ccc(Cl)cc2c1.[Co]. The molecule has 0 aliphatic rings. The van der Waals surface area contributed by atoms with Crippen LogP contribution in [0.4, 0.5) is 0 Å². The van der Waals surface area contributed by atoms with E-state index in [1.54, 1.807) is 0 Å². The van der Waals surface area contributed by atoms with Gasteiger partial charge in [-0.25, -0.2) is 0 Å². The van der Waals surface area contributed by atoms with Crippen molar-refractivity contribution in [3.8, 4) is 5.75 Å². The number of ether oxygens (including phenoxy) is 1. The summed E-state index contributed by atoms with van der Waals surface area (Å²) in [6.45, 7) is 4.07. The van der Waals surface area contributed by atoms with Gasteiger partial charge in [0.1, 0.15) is 5.75 Å². The topological polar surface area (TPSA) is 9.23 Å². The van der Waals surface area contributed by atoms with Gasteiger partial charge in [-0.15, -0.1) is 0 Å². The fourth-order valence-corrected chi connectivity index (χ4v) is 1.58. The summed E-state index contributed by atoms with van der Waals surface area (Å²) in [6.07, 6.45) is 0. The van der Waals surface area contributed by atoms with Gasteiger partial charge in [0, 0.05) is 21.8 Å². The Balaban J connectivity index is 0.00000112. The third kappa shape index (κ3) is 2.87. The van der Waals surface area contributed by atoms with E-state index in [2.05, 4.69) is 6.92 Å². The van der Waals surface area contributed by atoms with Gasteiger partial charge in [-0.1, -0.05) is 23.7 Å². The minimum atomic E-state index is 0. The van der Waals surface area contributed by atoms with Crippen molar-refractivity contribution in [3.05, 3.63) is 48.3 Å². The summed E-state index contributed by atoms with van der Waals surface area (Å²) >= 11 is 5.89. The van der Waals surface area contributed by atoms with E-state index in [-0.39, 0.29) is 16.8 Å². The van der Waals surface area contributed by atoms with E-state index in [1.807, 2.05) is 36.4 Å². The molecule has 81 valence electrons. The molecule has 2 rings (SSSR count). The number of rotatable bonds is 2. The van der Waals surface area contributed by atoms with E-state index in [4.69, 9.17) is 16.3 Å². The predicted octanol–water partition coefficient (Wildman–Crippen LogP) is 3.70. The molecule has 0 spiro atoms. The van der Waals surface area contributed by atoms with Crippen LogP contribution in [0.1, 0.15) is 0 Å². The fraction of sp³-hybridized carbons (Fsp3) is 0.0833. The molecule has 0 N–H and O–H groups in total. The molecule has 0 aliphatic carbocycles. The molecule has 0 saturated carbocycles. The van der Waals surface area contributed by atoms with Crippen molar-refractivity contribution in [1.29, 1.82) is 0 Å². The molecular formula is C12H10ClCoO-. The second-order valence-corrected chi connectivity index (χ2v) is 3.44. The first-order valence-electron chi connectivity index (χ1n) is 4.41. The quantitative estimate of drug-likeness (QED) is 0.752. The molecule has 0 atom stereocenters. The zero-order valence-corrected chi connectivity index (χ0v) is 9.79. The van der Waals surface area contributed by atoms with Crippen molar-refractivity contribution in [2.45, 2.75) is 0 Å². The van der Waals surface area contributed by atoms with Crippen molar-refractivity contribution in [2.75, 3.05) is 6.61 Å². The first kappa shape index (κ1) is 12.4. The van der Waals surface area contributed by atoms with Gasteiger partial charge < -0.3 is 11.7 Å². The summed E-state index contributed by atoms with van der Waals surface area (Å²) in [5, 5.41) is 2.98. The van der Waals surface area contributed by atoms with Crippen LogP contribution >= 0.6 is 11.6 Å². The number of benzene rings is 2. The van der Waals surface area contributed by atoms with Crippen molar-refractivity contribution < 1.29 is 21.5 Å². The van der Waals surface area contributed by atoms with Crippen LogP contribution in [0.25, 0.3) is 10.8 Å². The maximum absolute atomic E-state index is 5.89. The van der Waals surface area contributed by atoms with E-state index in [1.165, 1.54) is 0 Å². The molecule has 0 aromatic heterocycles. The number of hydrogen-bond donors (Lipinski definition) is 0. The second kappa shape index (κ2) is 5.40. The largest absolute Gasteiger partial charge is 0.525 e. The summed E-state index contributed by atoms with van der Waals surface area (Å²) in [7, 11) is 0. The second-order valence-electron chi connectivity index (χ2n) is 3.00. The molecule has 2 aromatic carbocycles. The van der Waals surface area contributed by atoms with Crippen LogP contribution in [-0.2, 0) is 16.8 Å². The van der Waals surface area contributed by atoms with Gasteiger partial charge in [-0.2, -0.15) is 0 Å². The Kier molecular flexibility index (Phi) is 4.45. The summed E-state index contributed by atoms with van der Waals surface area (Å²) in [4.78, 5) is 0. The Morgan fingerprint density at radius 3 is 2.53 bits per heavy atom. The minimum Gasteiger partial charge on any atom is -0.525 e. The zero-order chi connectivity index (χ0) is 9.97. The van der Waals surface area contributed by atoms with Crippen molar-refractivity contribution >= 4 is 22.4 Å². The number of halogens is 1. The third-order valence-corrected chi connectivity index (χ3v) is 2.28. The molecule has 0 bridgehead atoms. The Morgan fingerprint density at radius 2 is 1.80 bits per heavy atom. The Morgan fingerprint density at radius 1 is 1.07 bits per heavy atom.